The third-order valence-electron chi connectivity index (χ3n) is 3.99. The number of rotatable bonds is 3. The maximum absolute atomic E-state index is 13.0. The molecule has 0 bridgehead atoms. The van der Waals surface area contributed by atoms with E-state index in [4.69, 9.17) is 0 Å². The lowest BCUT2D eigenvalue weighted by Crippen LogP contribution is -2.43. The summed E-state index contributed by atoms with van der Waals surface area (Å²) in [7, 11) is -1.40. The molecule has 1 aromatic rings. The van der Waals surface area contributed by atoms with Crippen molar-refractivity contribution in [1.29, 1.82) is 0 Å². The largest absolute Gasteiger partial charge is 0.305 e. The lowest BCUT2D eigenvalue weighted by atomic mass is 10.2. The first kappa shape index (κ1) is 16.9. The maximum Gasteiger partial charge on any atom is 0.244 e. The Bertz CT molecular complexity index is 604. The molecule has 6 heteroatoms. The van der Waals surface area contributed by atoms with E-state index in [-0.39, 0.29) is 6.04 Å². The Morgan fingerprint density at radius 2 is 2.05 bits per heavy atom. The summed E-state index contributed by atoms with van der Waals surface area (Å²) in [5, 5.41) is 0. The van der Waals surface area contributed by atoms with Crippen LogP contribution in [-0.2, 0) is 10.0 Å². The molecule has 1 saturated heterocycles. The number of likely N-dealkylation sites (N-methyl/N-ethyl adjacent to an activating group) is 1. The molecule has 21 heavy (non-hydrogen) atoms. The molecule has 2 rings (SSSR count). The zero-order valence-electron chi connectivity index (χ0n) is 12.8. The van der Waals surface area contributed by atoms with Crippen LogP contribution in [0.25, 0.3) is 0 Å². The van der Waals surface area contributed by atoms with Crippen LogP contribution in [0.3, 0.4) is 0 Å². The van der Waals surface area contributed by atoms with Crippen LogP contribution in [0.1, 0.15) is 25.3 Å². The van der Waals surface area contributed by atoms with E-state index in [1.807, 2.05) is 19.1 Å². The summed E-state index contributed by atoms with van der Waals surface area (Å²) in [5.41, 5.74) is 1.04. The predicted octanol–water partition coefficient (Wildman–Crippen LogP) is 2.86. The summed E-state index contributed by atoms with van der Waals surface area (Å²) in [6.07, 6.45) is 1.70. The smallest absolute Gasteiger partial charge is 0.244 e. The van der Waals surface area contributed by atoms with Crippen LogP contribution >= 0.6 is 15.9 Å². The van der Waals surface area contributed by atoms with Crippen molar-refractivity contribution in [3.05, 3.63) is 28.2 Å². The molecule has 1 atom stereocenters. The topological polar surface area (TPSA) is 40.6 Å². The lowest BCUT2D eigenvalue weighted by Gasteiger charge is -2.29. The fraction of sp³-hybridized carbons (Fsp3) is 0.600. The Hall–Kier alpha value is -0.430. The zero-order valence-corrected chi connectivity index (χ0v) is 15.2. The molecule has 0 N–H and O–H groups in total. The molecule has 1 heterocycles. The van der Waals surface area contributed by atoms with Crippen LogP contribution in [0.5, 0.6) is 0 Å². The average Bonchev–Trinajstić information content (AvgIpc) is 2.59. The van der Waals surface area contributed by atoms with E-state index in [9.17, 15) is 8.42 Å². The summed E-state index contributed by atoms with van der Waals surface area (Å²) in [4.78, 5) is 2.59. The lowest BCUT2D eigenvalue weighted by molar-refractivity contribution is 0.270. The molecule has 0 aromatic heterocycles. The van der Waals surface area contributed by atoms with E-state index in [1.165, 1.54) is 0 Å². The minimum Gasteiger partial charge on any atom is -0.305 e. The van der Waals surface area contributed by atoms with Crippen LogP contribution in [-0.4, -0.2) is 50.3 Å². The molecule has 1 unspecified atom stereocenters. The highest BCUT2D eigenvalue weighted by molar-refractivity contribution is 9.10. The first-order valence-electron chi connectivity index (χ1n) is 7.32. The highest BCUT2D eigenvalue weighted by Gasteiger charge is 2.33. The molecule has 118 valence electrons. The van der Waals surface area contributed by atoms with Crippen molar-refractivity contribution in [1.82, 2.24) is 9.21 Å². The van der Waals surface area contributed by atoms with E-state index >= 15 is 0 Å². The van der Waals surface area contributed by atoms with Gasteiger partial charge < -0.3 is 4.90 Å². The highest BCUT2D eigenvalue weighted by atomic mass is 79.9. The Morgan fingerprint density at radius 3 is 2.67 bits per heavy atom. The van der Waals surface area contributed by atoms with Gasteiger partial charge in [-0.1, -0.05) is 13.0 Å². The van der Waals surface area contributed by atoms with Gasteiger partial charge in [0.25, 0.3) is 0 Å². The van der Waals surface area contributed by atoms with E-state index < -0.39 is 10.0 Å². The first-order valence-corrected chi connectivity index (χ1v) is 9.56. The van der Waals surface area contributed by atoms with Gasteiger partial charge >= 0.3 is 0 Å². The summed E-state index contributed by atoms with van der Waals surface area (Å²) in [5.74, 6) is 0. The molecule has 0 amide bonds. The van der Waals surface area contributed by atoms with Crippen LogP contribution < -0.4 is 0 Å². The summed E-state index contributed by atoms with van der Waals surface area (Å²) in [6, 6.07) is 5.45. The van der Waals surface area contributed by atoms with Crippen LogP contribution in [0, 0.1) is 6.92 Å². The van der Waals surface area contributed by atoms with Crippen LogP contribution in [0.4, 0.5) is 0 Å². The molecule has 0 spiro atoms. The third kappa shape index (κ3) is 3.67. The molecule has 1 aliphatic rings. The monoisotopic (exact) mass is 374 g/mol. The van der Waals surface area contributed by atoms with Crippen LogP contribution in [0.15, 0.2) is 27.6 Å². The van der Waals surface area contributed by atoms with Crippen molar-refractivity contribution in [2.45, 2.75) is 37.6 Å². The molecule has 0 saturated carbocycles. The molecular weight excluding hydrogens is 352 g/mol. The second-order valence-electron chi connectivity index (χ2n) is 5.73. The average molecular weight is 375 g/mol. The molecule has 0 radical (unpaired) electrons. The van der Waals surface area contributed by atoms with Gasteiger partial charge in [0.2, 0.25) is 10.0 Å². The van der Waals surface area contributed by atoms with Crippen molar-refractivity contribution in [2.24, 2.45) is 0 Å². The van der Waals surface area contributed by atoms with Gasteiger partial charge in [-0.25, -0.2) is 8.42 Å². The fourth-order valence-corrected chi connectivity index (χ4v) is 5.69. The zero-order chi connectivity index (χ0) is 15.6. The van der Waals surface area contributed by atoms with E-state index in [0.717, 1.165) is 31.5 Å². The number of hydrogen-bond acceptors (Lipinski definition) is 3. The second kappa shape index (κ2) is 6.77. The van der Waals surface area contributed by atoms with E-state index in [2.05, 4.69) is 34.8 Å². The molecule has 1 aliphatic heterocycles. The Kier molecular flexibility index (Phi) is 5.46. The van der Waals surface area contributed by atoms with Crippen molar-refractivity contribution in [2.75, 3.05) is 26.7 Å². The summed E-state index contributed by atoms with van der Waals surface area (Å²) in [6.45, 7) is 6.33. The fourth-order valence-electron chi connectivity index (χ4n) is 2.81. The predicted molar refractivity (Wildman–Crippen MR) is 89.0 cm³/mol. The molecule has 4 nitrogen and oxygen atoms in total. The maximum atomic E-state index is 13.0. The standard InChI is InChI=1S/C15H23BrN2O2S/c1-4-13-11-17(3)8-5-9-18(13)21(19,20)15-7-6-12(2)10-14(15)16/h6-7,10,13H,4-5,8-9,11H2,1-3H3. The van der Waals surface area contributed by atoms with E-state index in [0.29, 0.717) is 15.9 Å². The molecule has 1 fully saturated rings. The highest BCUT2D eigenvalue weighted by Crippen LogP contribution is 2.29. The van der Waals surface area contributed by atoms with Crippen LogP contribution in [0.2, 0.25) is 0 Å². The van der Waals surface area contributed by atoms with Gasteiger partial charge in [-0.15, -0.1) is 0 Å². The number of sulfonamides is 1. The molecular formula is C15H23BrN2O2S. The number of aryl methyl sites for hydroxylation is 1. The summed E-state index contributed by atoms with van der Waals surface area (Å²) >= 11 is 3.41. The number of hydrogen-bond donors (Lipinski definition) is 0. The second-order valence-corrected chi connectivity index (χ2v) is 8.44. The number of nitrogens with zero attached hydrogens (tertiary/aromatic N) is 2. The van der Waals surface area contributed by atoms with Crippen molar-refractivity contribution in [3.63, 3.8) is 0 Å². The van der Waals surface area contributed by atoms with Gasteiger partial charge in [0.05, 0.1) is 4.90 Å². The normalized spacial score (nSPS) is 22.2. The number of benzene rings is 1. The van der Waals surface area contributed by atoms with Crippen molar-refractivity contribution < 1.29 is 8.42 Å². The van der Waals surface area contributed by atoms with Crippen molar-refractivity contribution >= 4 is 26.0 Å². The quantitative estimate of drug-likeness (QED) is 0.816. The first-order chi connectivity index (χ1) is 9.86. The van der Waals surface area contributed by atoms with Gasteiger partial charge in [-0.05, 0) is 67.0 Å². The van der Waals surface area contributed by atoms with Gasteiger partial charge in [0.15, 0.2) is 0 Å². The third-order valence-corrected chi connectivity index (χ3v) is 6.92. The van der Waals surface area contributed by atoms with Gasteiger partial charge in [0.1, 0.15) is 0 Å². The summed E-state index contributed by atoms with van der Waals surface area (Å²) < 4.78 is 28.4. The van der Waals surface area contributed by atoms with Crippen molar-refractivity contribution in [3.8, 4) is 0 Å². The van der Waals surface area contributed by atoms with Gasteiger partial charge in [0, 0.05) is 23.6 Å². The minimum atomic E-state index is -3.46. The van der Waals surface area contributed by atoms with Gasteiger partial charge in [-0.2, -0.15) is 4.31 Å². The Balaban J connectivity index is 2.41. The van der Waals surface area contributed by atoms with E-state index in [1.54, 1.807) is 10.4 Å². The molecule has 0 aliphatic carbocycles. The minimum absolute atomic E-state index is 0.0377. The number of halogens is 1. The SMILES string of the molecule is CCC1CN(C)CCCN1S(=O)(=O)c1ccc(C)cc1Br. The Morgan fingerprint density at radius 1 is 1.33 bits per heavy atom. The van der Waals surface area contributed by atoms with Gasteiger partial charge in [-0.3, -0.25) is 0 Å². The molecule has 1 aromatic carbocycles. The Labute approximate surface area is 136 Å².